The van der Waals surface area contributed by atoms with Crippen molar-refractivity contribution < 1.29 is 14.3 Å². The maximum absolute atomic E-state index is 12.4. The average Bonchev–Trinajstić information content (AvgIpc) is 2.53. The van der Waals surface area contributed by atoms with Crippen LogP contribution in [0.2, 0.25) is 0 Å². The van der Waals surface area contributed by atoms with Gasteiger partial charge in [0.25, 0.3) is 5.91 Å². The van der Waals surface area contributed by atoms with E-state index in [-0.39, 0.29) is 18.1 Å². The van der Waals surface area contributed by atoms with Gasteiger partial charge in [-0.15, -0.1) is 0 Å². The first-order chi connectivity index (χ1) is 11.6. The summed E-state index contributed by atoms with van der Waals surface area (Å²) in [6.07, 6.45) is 7.68. The van der Waals surface area contributed by atoms with Gasteiger partial charge in [-0.3, -0.25) is 4.79 Å². The van der Waals surface area contributed by atoms with Crippen LogP contribution in [0.4, 0.5) is 0 Å². The molecule has 1 N–H and O–H groups in total. The summed E-state index contributed by atoms with van der Waals surface area (Å²) in [6, 6.07) is 7.44. The predicted molar refractivity (Wildman–Crippen MR) is 92.2 cm³/mol. The minimum absolute atomic E-state index is 0.0193. The van der Waals surface area contributed by atoms with Crippen LogP contribution in [-0.2, 0) is 4.79 Å². The molecule has 0 aliphatic heterocycles. The van der Waals surface area contributed by atoms with Gasteiger partial charge >= 0.3 is 0 Å². The summed E-state index contributed by atoms with van der Waals surface area (Å²) in [7, 11) is 0. The van der Waals surface area contributed by atoms with E-state index in [0.29, 0.717) is 12.4 Å². The van der Waals surface area contributed by atoms with E-state index in [1.54, 1.807) is 0 Å². The number of amides is 1. The molecular weight excluding hydrogens is 302 g/mol. The van der Waals surface area contributed by atoms with Crippen LogP contribution in [0, 0.1) is 17.8 Å². The molecule has 1 aromatic rings. The number of nitrogens with one attached hydrogen (secondary N) is 1. The Hall–Kier alpha value is -1.71. The quantitative estimate of drug-likeness (QED) is 0.868. The minimum atomic E-state index is 0.0193. The summed E-state index contributed by atoms with van der Waals surface area (Å²) in [6.45, 7) is 2.70. The minimum Gasteiger partial charge on any atom is -0.494 e. The molecule has 0 radical (unpaired) electrons. The predicted octanol–water partition coefficient (Wildman–Crippen LogP) is 3.55. The van der Waals surface area contributed by atoms with Gasteiger partial charge in [-0.2, -0.15) is 0 Å². The Bertz CT molecular complexity index is 560. The van der Waals surface area contributed by atoms with Crippen molar-refractivity contribution in [2.75, 3.05) is 13.2 Å². The highest BCUT2D eigenvalue weighted by Gasteiger charge is 2.51. The first-order valence-electron chi connectivity index (χ1n) is 9.31. The third-order valence-corrected chi connectivity index (χ3v) is 5.95. The fraction of sp³-hybridized carbons (Fsp3) is 0.650. The molecule has 4 fully saturated rings. The molecule has 0 spiro atoms. The van der Waals surface area contributed by atoms with Crippen molar-refractivity contribution in [1.29, 1.82) is 0 Å². The van der Waals surface area contributed by atoms with Crippen molar-refractivity contribution in [3.8, 4) is 11.5 Å². The maximum atomic E-state index is 12.4. The van der Waals surface area contributed by atoms with Crippen LogP contribution in [0.15, 0.2) is 24.3 Å². The van der Waals surface area contributed by atoms with Crippen molar-refractivity contribution in [1.82, 2.24) is 5.32 Å². The van der Waals surface area contributed by atoms with Crippen molar-refractivity contribution >= 4 is 5.91 Å². The smallest absolute Gasteiger partial charge is 0.258 e. The molecule has 4 aliphatic carbocycles. The molecule has 0 atom stereocenters. The summed E-state index contributed by atoms with van der Waals surface area (Å²) >= 11 is 0. The third kappa shape index (κ3) is 3.24. The van der Waals surface area contributed by atoms with E-state index in [1.807, 2.05) is 31.2 Å². The molecule has 4 bridgehead atoms. The highest BCUT2D eigenvalue weighted by molar-refractivity contribution is 5.78. The van der Waals surface area contributed by atoms with E-state index in [0.717, 1.165) is 23.5 Å². The van der Waals surface area contributed by atoms with Crippen LogP contribution >= 0.6 is 0 Å². The zero-order chi connectivity index (χ0) is 16.6. The zero-order valence-corrected chi connectivity index (χ0v) is 14.4. The second kappa shape index (κ2) is 6.30. The first-order valence-corrected chi connectivity index (χ1v) is 9.31. The topological polar surface area (TPSA) is 47.6 Å². The summed E-state index contributed by atoms with van der Waals surface area (Å²) in [5, 5.41) is 3.34. The monoisotopic (exact) mass is 329 g/mol. The second-order valence-corrected chi connectivity index (χ2v) is 7.94. The van der Waals surface area contributed by atoms with E-state index in [4.69, 9.17) is 9.47 Å². The van der Waals surface area contributed by atoms with Gasteiger partial charge in [0.15, 0.2) is 6.61 Å². The summed E-state index contributed by atoms with van der Waals surface area (Å²) in [4.78, 5) is 12.4. The van der Waals surface area contributed by atoms with E-state index in [2.05, 4.69) is 5.32 Å². The molecule has 0 saturated heterocycles. The van der Waals surface area contributed by atoms with Gasteiger partial charge in [0.05, 0.1) is 6.61 Å². The Balaban J connectivity index is 1.31. The molecule has 4 nitrogen and oxygen atoms in total. The fourth-order valence-electron chi connectivity index (χ4n) is 5.54. The van der Waals surface area contributed by atoms with Gasteiger partial charge in [-0.25, -0.2) is 0 Å². The standard InChI is InChI=1S/C20H27NO3/c1-2-23-17-3-5-18(6-4-17)24-13-19(22)21-20-10-14-7-15(11-20)9-16(8-14)12-20/h3-6,14-16H,2,7-13H2,1H3,(H,21,22). The van der Waals surface area contributed by atoms with Gasteiger partial charge in [0.1, 0.15) is 11.5 Å². The van der Waals surface area contributed by atoms with Gasteiger partial charge in [-0.05, 0) is 87.5 Å². The van der Waals surface area contributed by atoms with Gasteiger partial charge in [-0.1, -0.05) is 0 Å². The molecule has 0 heterocycles. The van der Waals surface area contributed by atoms with Crippen LogP contribution in [0.3, 0.4) is 0 Å². The number of hydrogen-bond donors (Lipinski definition) is 1. The Labute approximate surface area is 143 Å². The molecule has 1 amide bonds. The number of benzene rings is 1. The number of carbonyl (C=O) groups is 1. The highest BCUT2D eigenvalue weighted by Crippen LogP contribution is 2.55. The molecule has 0 aromatic heterocycles. The van der Waals surface area contributed by atoms with Crippen molar-refractivity contribution in [3.63, 3.8) is 0 Å². The highest BCUT2D eigenvalue weighted by atomic mass is 16.5. The van der Waals surface area contributed by atoms with E-state index >= 15 is 0 Å². The van der Waals surface area contributed by atoms with Gasteiger partial charge in [0.2, 0.25) is 0 Å². The van der Waals surface area contributed by atoms with Gasteiger partial charge in [0, 0.05) is 5.54 Å². The Morgan fingerprint density at radius 2 is 1.50 bits per heavy atom. The van der Waals surface area contributed by atoms with Crippen LogP contribution in [-0.4, -0.2) is 24.7 Å². The van der Waals surface area contributed by atoms with E-state index in [1.165, 1.54) is 38.5 Å². The SMILES string of the molecule is CCOc1ccc(OCC(=O)NC23CC4CC(CC(C4)C2)C3)cc1. The fourth-order valence-corrected chi connectivity index (χ4v) is 5.54. The zero-order valence-electron chi connectivity index (χ0n) is 14.4. The molecular formula is C20H27NO3. The molecule has 0 unspecified atom stereocenters. The summed E-state index contributed by atoms with van der Waals surface area (Å²) < 4.78 is 11.1. The lowest BCUT2D eigenvalue weighted by atomic mass is 9.53. The molecule has 24 heavy (non-hydrogen) atoms. The largest absolute Gasteiger partial charge is 0.494 e. The normalized spacial score (nSPS) is 33.3. The molecule has 5 rings (SSSR count). The Morgan fingerprint density at radius 1 is 1.00 bits per heavy atom. The molecule has 4 aliphatic rings. The third-order valence-electron chi connectivity index (χ3n) is 5.95. The molecule has 1 aromatic carbocycles. The van der Waals surface area contributed by atoms with Crippen LogP contribution in [0.25, 0.3) is 0 Å². The maximum Gasteiger partial charge on any atom is 0.258 e. The van der Waals surface area contributed by atoms with Crippen molar-refractivity contribution in [2.24, 2.45) is 17.8 Å². The second-order valence-electron chi connectivity index (χ2n) is 7.94. The lowest BCUT2D eigenvalue weighted by Crippen LogP contribution is -2.60. The average molecular weight is 329 g/mol. The lowest BCUT2D eigenvalue weighted by molar-refractivity contribution is -0.128. The van der Waals surface area contributed by atoms with Crippen LogP contribution in [0.1, 0.15) is 45.4 Å². The summed E-state index contributed by atoms with van der Waals surface area (Å²) in [5.74, 6) is 4.06. The number of carbonyl (C=O) groups excluding carboxylic acids is 1. The summed E-state index contributed by atoms with van der Waals surface area (Å²) in [5.41, 5.74) is 0.0635. The van der Waals surface area contributed by atoms with E-state index in [9.17, 15) is 4.79 Å². The van der Waals surface area contributed by atoms with Crippen LogP contribution in [0.5, 0.6) is 11.5 Å². The molecule has 4 saturated carbocycles. The molecule has 130 valence electrons. The first kappa shape index (κ1) is 15.8. The number of ether oxygens (including phenoxy) is 2. The Kier molecular flexibility index (Phi) is 4.15. The lowest BCUT2D eigenvalue weighted by Gasteiger charge is -2.56. The Morgan fingerprint density at radius 3 is 2.00 bits per heavy atom. The van der Waals surface area contributed by atoms with Gasteiger partial charge < -0.3 is 14.8 Å². The number of rotatable bonds is 6. The van der Waals surface area contributed by atoms with Crippen molar-refractivity contribution in [2.45, 2.75) is 51.0 Å². The van der Waals surface area contributed by atoms with Crippen LogP contribution < -0.4 is 14.8 Å². The van der Waals surface area contributed by atoms with E-state index < -0.39 is 0 Å². The molecule has 4 heteroatoms. The van der Waals surface area contributed by atoms with Crippen molar-refractivity contribution in [3.05, 3.63) is 24.3 Å². The number of hydrogen-bond acceptors (Lipinski definition) is 3.